The van der Waals surface area contributed by atoms with E-state index in [1.165, 1.54) is 0 Å². The molecule has 0 unspecified atom stereocenters. The first-order chi connectivity index (χ1) is 5.70. The van der Waals surface area contributed by atoms with Crippen LogP contribution in [0.25, 0.3) is 0 Å². The van der Waals surface area contributed by atoms with Crippen LogP contribution in [-0.2, 0) is 4.79 Å². The summed E-state index contributed by atoms with van der Waals surface area (Å²) in [6, 6.07) is 0. The lowest BCUT2D eigenvalue weighted by atomic mass is 10.3. The van der Waals surface area contributed by atoms with Crippen LogP contribution in [0.5, 0.6) is 0 Å². The second-order valence-corrected chi connectivity index (χ2v) is 2.27. The highest BCUT2D eigenvalue weighted by Crippen LogP contribution is 2.08. The van der Waals surface area contributed by atoms with E-state index in [1.54, 1.807) is 24.3 Å². The van der Waals surface area contributed by atoms with E-state index in [2.05, 4.69) is 5.32 Å². The maximum atomic E-state index is 10.1. The van der Waals surface area contributed by atoms with Crippen molar-refractivity contribution in [2.45, 2.75) is 0 Å². The molecule has 64 valence electrons. The van der Waals surface area contributed by atoms with Crippen LogP contribution in [0.2, 0.25) is 0 Å². The molecule has 1 rings (SSSR count). The number of rotatable bonds is 3. The van der Waals surface area contributed by atoms with Crippen LogP contribution in [0.4, 0.5) is 0 Å². The lowest BCUT2D eigenvalue weighted by Gasteiger charge is -2.02. The number of aliphatic hydroxyl groups excluding tert-OH is 1. The SMILES string of the molecule is O=C(O)CNC(O)=C1C=CC=C1. The number of carboxylic acid groups (broad SMARTS) is 1. The Morgan fingerprint density at radius 1 is 1.33 bits per heavy atom. The van der Waals surface area contributed by atoms with E-state index in [9.17, 15) is 9.90 Å². The fourth-order valence-corrected chi connectivity index (χ4v) is 0.793. The molecule has 0 atom stereocenters. The van der Waals surface area contributed by atoms with Gasteiger partial charge in [-0.1, -0.05) is 12.2 Å². The van der Waals surface area contributed by atoms with Crippen LogP contribution >= 0.6 is 0 Å². The number of nitrogens with one attached hydrogen (secondary N) is 1. The Bertz CT molecular complexity index is 262. The Labute approximate surface area is 69.5 Å². The predicted molar refractivity (Wildman–Crippen MR) is 43.6 cm³/mol. The molecule has 1 aliphatic carbocycles. The molecule has 0 amide bonds. The largest absolute Gasteiger partial charge is 0.494 e. The van der Waals surface area contributed by atoms with Crippen molar-refractivity contribution in [3.63, 3.8) is 0 Å². The molecule has 0 saturated heterocycles. The number of hydrogen-bond donors (Lipinski definition) is 3. The molecule has 1 aliphatic rings. The summed E-state index contributed by atoms with van der Waals surface area (Å²) in [5.74, 6) is -1.12. The van der Waals surface area contributed by atoms with Crippen molar-refractivity contribution in [2.24, 2.45) is 0 Å². The highest BCUT2D eigenvalue weighted by atomic mass is 16.4. The molecule has 0 saturated carbocycles. The van der Waals surface area contributed by atoms with Gasteiger partial charge in [-0.05, 0) is 12.2 Å². The van der Waals surface area contributed by atoms with Crippen LogP contribution in [0, 0.1) is 0 Å². The van der Waals surface area contributed by atoms with Crippen LogP contribution < -0.4 is 5.32 Å². The number of carboxylic acids is 1. The number of aliphatic hydroxyl groups is 1. The molecular formula is C8H9NO3. The highest BCUT2D eigenvalue weighted by molar-refractivity contribution is 5.69. The third-order valence-electron chi connectivity index (χ3n) is 1.34. The topological polar surface area (TPSA) is 69.6 Å². The minimum atomic E-state index is -1.01. The summed E-state index contributed by atoms with van der Waals surface area (Å²) in [5.41, 5.74) is 0.594. The van der Waals surface area contributed by atoms with Gasteiger partial charge in [0.15, 0.2) is 5.88 Å². The van der Waals surface area contributed by atoms with E-state index in [0.717, 1.165) is 0 Å². The van der Waals surface area contributed by atoms with Gasteiger partial charge in [-0.3, -0.25) is 4.79 Å². The van der Waals surface area contributed by atoms with E-state index in [1.807, 2.05) is 0 Å². The second-order valence-electron chi connectivity index (χ2n) is 2.27. The molecule has 0 aromatic heterocycles. The van der Waals surface area contributed by atoms with Gasteiger partial charge in [-0.15, -0.1) is 0 Å². The van der Waals surface area contributed by atoms with E-state index in [-0.39, 0.29) is 12.4 Å². The molecule has 0 aromatic rings. The molecule has 0 bridgehead atoms. The molecular weight excluding hydrogens is 158 g/mol. The lowest BCUT2D eigenvalue weighted by molar-refractivity contribution is -0.135. The van der Waals surface area contributed by atoms with Crippen LogP contribution in [-0.4, -0.2) is 22.7 Å². The average molecular weight is 167 g/mol. The monoisotopic (exact) mass is 167 g/mol. The number of aliphatic carboxylic acids is 1. The summed E-state index contributed by atoms with van der Waals surface area (Å²) in [5, 5.41) is 19.8. The van der Waals surface area contributed by atoms with Crippen molar-refractivity contribution in [2.75, 3.05) is 6.54 Å². The van der Waals surface area contributed by atoms with E-state index in [4.69, 9.17) is 5.11 Å². The molecule has 12 heavy (non-hydrogen) atoms. The average Bonchev–Trinajstić information content (AvgIpc) is 2.51. The second kappa shape index (κ2) is 3.61. The van der Waals surface area contributed by atoms with Crippen molar-refractivity contribution in [3.8, 4) is 0 Å². The van der Waals surface area contributed by atoms with Crippen LogP contribution in [0.1, 0.15) is 0 Å². The normalized spacial score (nSPS) is 13.5. The molecule has 0 fully saturated rings. The van der Waals surface area contributed by atoms with Crippen molar-refractivity contribution in [1.82, 2.24) is 5.32 Å². The van der Waals surface area contributed by atoms with Crippen LogP contribution in [0.15, 0.2) is 35.8 Å². The number of allylic oxidation sites excluding steroid dienone is 5. The fourth-order valence-electron chi connectivity index (χ4n) is 0.793. The van der Waals surface area contributed by atoms with E-state index in [0.29, 0.717) is 5.57 Å². The van der Waals surface area contributed by atoms with Crippen molar-refractivity contribution >= 4 is 5.97 Å². The van der Waals surface area contributed by atoms with Gasteiger partial charge in [0, 0.05) is 5.57 Å². The minimum Gasteiger partial charge on any atom is -0.494 e. The molecule has 0 aliphatic heterocycles. The van der Waals surface area contributed by atoms with Gasteiger partial charge in [0.2, 0.25) is 0 Å². The molecule has 0 heterocycles. The summed E-state index contributed by atoms with van der Waals surface area (Å²) in [6.45, 7) is -0.281. The molecule has 0 radical (unpaired) electrons. The summed E-state index contributed by atoms with van der Waals surface area (Å²) < 4.78 is 0. The van der Waals surface area contributed by atoms with Gasteiger partial charge in [0.1, 0.15) is 6.54 Å². The Morgan fingerprint density at radius 2 is 1.92 bits per heavy atom. The number of carbonyl (C=O) groups is 1. The maximum Gasteiger partial charge on any atom is 0.322 e. The van der Waals surface area contributed by atoms with Gasteiger partial charge in [-0.2, -0.15) is 0 Å². The zero-order valence-corrected chi connectivity index (χ0v) is 6.32. The molecule has 0 spiro atoms. The Morgan fingerprint density at radius 3 is 2.42 bits per heavy atom. The van der Waals surface area contributed by atoms with Crippen LogP contribution in [0.3, 0.4) is 0 Å². The van der Waals surface area contributed by atoms with E-state index < -0.39 is 5.97 Å². The predicted octanol–water partition coefficient (Wildman–Crippen LogP) is 0.556. The van der Waals surface area contributed by atoms with Gasteiger partial charge in [-0.25, -0.2) is 0 Å². The first kappa shape index (κ1) is 8.39. The third-order valence-corrected chi connectivity index (χ3v) is 1.34. The number of hydrogen-bond acceptors (Lipinski definition) is 3. The fraction of sp³-hybridized carbons (Fsp3) is 0.125. The van der Waals surface area contributed by atoms with Crippen molar-refractivity contribution in [1.29, 1.82) is 0 Å². The van der Waals surface area contributed by atoms with Gasteiger partial charge >= 0.3 is 5.97 Å². The van der Waals surface area contributed by atoms with Gasteiger partial charge in [0.25, 0.3) is 0 Å². The Balaban J connectivity index is 2.52. The molecule has 4 nitrogen and oxygen atoms in total. The Hall–Kier alpha value is -1.71. The van der Waals surface area contributed by atoms with Crippen molar-refractivity contribution < 1.29 is 15.0 Å². The summed E-state index contributed by atoms with van der Waals surface area (Å²) in [6.07, 6.45) is 6.89. The summed E-state index contributed by atoms with van der Waals surface area (Å²) in [4.78, 5) is 10.1. The Kier molecular flexibility index (Phi) is 2.53. The van der Waals surface area contributed by atoms with E-state index >= 15 is 0 Å². The van der Waals surface area contributed by atoms with Gasteiger partial charge in [0.05, 0.1) is 0 Å². The quantitative estimate of drug-likeness (QED) is 0.537. The smallest absolute Gasteiger partial charge is 0.322 e. The standard InChI is InChI=1S/C8H9NO3/c10-7(11)5-9-8(12)6-3-1-2-4-6/h1-4,9,12H,5H2,(H,10,11). The zero-order valence-electron chi connectivity index (χ0n) is 6.32. The maximum absolute atomic E-state index is 10.1. The highest BCUT2D eigenvalue weighted by Gasteiger charge is 2.02. The molecule has 4 heteroatoms. The first-order valence-electron chi connectivity index (χ1n) is 3.44. The lowest BCUT2D eigenvalue weighted by Crippen LogP contribution is -2.22. The molecule has 0 aromatic carbocycles. The summed E-state index contributed by atoms with van der Waals surface area (Å²) >= 11 is 0. The van der Waals surface area contributed by atoms with Gasteiger partial charge < -0.3 is 15.5 Å². The molecule has 3 N–H and O–H groups in total. The minimum absolute atomic E-state index is 0.109. The van der Waals surface area contributed by atoms with Crippen molar-refractivity contribution in [3.05, 3.63) is 35.8 Å². The first-order valence-corrected chi connectivity index (χ1v) is 3.44. The third kappa shape index (κ3) is 2.16. The summed E-state index contributed by atoms with van der Waals surface area (Å²) in [7, 11) is 0. The zero-order chi connectivity index (χ0) is 8.97.